The van der Waals surface area contributed by atoms with Crippen LogP contribution < -0.4 is 0 Å². The molecule has 0 spiro atoms. The molecule has 47 heavy (non-hydrogen) atoms. The third kappa shape index (κ3) is 5.64. The summed E-state index contributed by atoms with van der Waals surface area (Å²) >= 11 is 0. The summed E-state index contributed by atoms with van der Waals surface area (Å²) < 4.78 is 35.5. The van der Waals surface area contributed by atoms with Crippen LogP contribution in [0.5, 0.6) is 0 Å². The van der Waals surface area contributed by atoms with Crippen LogP contribution in [0, 0.1) is 34.5 Å². The van der Waals surface area contributed by atoms with Gasteiger partial charge in [0.2, 0.25) is 0 Å². The molecule has 266 valence electrons. The van der Waals surface area contributed by atoms with Gasteiger partial charge in [0.05, 0.1) is 42.2 Å². The molecule has 11 nitrogen and oxygen atoms in total. The van der Waals surface area contributed by atoms with E-state index in [1.54, 1.807) is 20.1 Å². The first-order chi connectivity index (χ1) is 22.3. The first kappa shape index (κ1) is 34.3. The van der Waals surface area contributed by atoms with Gasteiger partial charge in [0.15, 0.2) is 12.6 Å². The predicted octanol–water partition coefficient (Wildman–Crippen LogP) is 2.99. The largest absolute Gasteiger partial charge is 0.458 e. The third-order valence-corrected chi connectivity index (χ3v) is 14.1. The Hall–Kier alpha value is -1.15. The van der Waals surface area contributed by atoms with Crippen LogP contribution in [0.25, 0.3) is 0 Å². The predicted molar refractivity (Wildman–Crippen MR) is 168 cm³/mol. The van der Waals surface area contributed by atoms with Crippen molar-refractivity contribution < 1.29 is 53.6 Å². The minimum absolute atomic E-state index is 0.00342. The van der Waals surface area contributed by atoms with Crippen molar-refractivity contribution in [2.75, 3.05) is 13.7 Å². The van der Waals surface area contributed by atoms with Crippen molar-refractivity contribution in [1.82, 2.24) is 0 Å². The summed E-state index contributed by atoms with van der Waals surface area (Å²) in [6.07, 6.45) is 3.55. The highest BCUT2D eigenvalue weighted by Crippen LogP contribution is 2.70. The maximum Gasteiger partial charge on any atom is 0.331 e. The second-order valence-corrected chi connectivity index (χ2v) is 16.4. The Morgan fingerprint density at radius 1 is 0.894 bits per heavy atom. The zero-order chi connectivity index (χ0) is 33.5. The van der Waals surface area contributed by atoms with E-state index in [1.165, 1.54) is 0 Å². The number of hydrogen-bond donors (Lipinski definition) is 4. The first-order valence-corrected chi connectivity index (χ1v) is 18.1. The van der Waals surface area contributed by atoms with Gasteiger partial charge in [-0.25, -0.2) is 4.79 Å². The number of ether oxygens (including phenoxy) is 6. The Labute approximate surface area is 278 Å². The van der Waals surface area contributed by atoms with Crippen molar-refractivity contribution >= 4 is 5.97 Å². The molecule has 4 saturated carbocycles. The number of esters is 1. The molecule has 3 heterocycles. The molecule has 2 saturated heterocycles. The molecule has 4 N–H and O–H groups in total. The van der Waals surface area contributed by atoms with Crippen LogP contribution in [0.15, 0.2) is 11.6 Å². The van der Waals surface area contributed by atoms with Crippen molar-refractivity contribution in [2.45, 2.75) is 159 Å². The minimum atomic E-state index is -0.888. The fraction of sp³-hybridized carbons (Fsp3) is 0.917. The molecule has 4 aliphatic carbocycles. The second-order valence-electron chi connectivity index (χ2n) is 16.4. The summed E-state index contributed by atoms with van der Waals surface area (Å²) in [7, 11) is 1.56. The number of cyclic esters (lactones) is 1. The lowest BCUT2D eigenvalue weighted by Crippen LogP contribution is -2.66. The molecule has 17 atom stereocenters. The number of methoxy groups -OCH3 is 1. The van der Waals surface area contributed by atoms with E-state index in [1.807, 2.05) is 6.92 Å². The van der Waals surface area contributed by atoms with Crippen molar-refractivity contribution in [3.05, 3.63) is 11.6 Å². The monoisotopic (exact) mass is 664 g/mol. The molecule has 0 radical (unpaired) electrons. The Bertz CT molecular complexity index is 1200. The van der Waals surface area contributed by atoms with E-state index in [4.69, 9.17) is 28.4 Å². The average Bonchev–Trinajstić information content (AvgIpc) is 3.56. The number of carbonyl (C=O) groups is 1. The molecule has 0 amide bonds. The van der Waals surface area contributed by atoms with E-state index in [0.717, 1.165) is 44.1 Å². The van der Waals surface area contributed by atoms with Gasteiger partial charge >= 0.3 is 5.97 Å². The number of carbonyl (C=O) groups excluding carboxylic acids is 1. The summed E-state index contributed by atoms with van der Waals surface area (Å²) in [5, 5.41) is 45.8. The Morgan fingerprint density at radius 3 is 2.34 bits per heavy atom. The molecular formula is C36H56O11. The zero-order valence-electron chi connectivity index (χ0n) is 28.6. The standard InChI is InChI=1S/C36H56O11/c1-18-32(40)27(42-5)15-30(44-18)47-33-19(2)45-29(14-25(33)37)46-22-8-10-34(3)21(13-22)6-7-24-31(34)26(38)16-35(4)23(9-11-36(24,35)41)20-12-28(39)43-17-20/h12,18-19,21-27,29-33,37-38,40-41H,6-11,13-17H2,1-5H3/t18-,19-,21?,22?,23-,24-,25+,26?,27+,29+,30+,31-,32-,33-,34+,35-,36+/m1/s1. The number of rotatable bonds is 6. The van der Waals surface area contributed by atoms with E-state index < -0.39 is 66.3 Å². The second kappa shape index (κ2) is 12.6. The van der Waals surface area contributed by atoms with E-state index in [-0.39, 0.29) is 41.7 Å². The van der Waals surface area contributed by atoms with Gasteiger partial charge in [0, 0.05) is 31.4 Å². The minimum Gasteiger partial charge on any atom is -0.458 e. The summed E-state index contributed by atoms with van der Waals surface area (Å²) in [5.74, 6) is 0.0936. The molecular weight excluding hydrogens is 608 g/mol. The summed E-state index contributed by atoms with van der Waals surface area (Å²) in [5.41, 5.74) is -0.535. The van der Waals surface area contributed by atoms with Gasteiger partial charge in [0.1, 0.15) is 18.8 Å². The molecule has 7 rings (SSSR count). The normalized spacial score (nSPS) is 54.7. The van der Waals surface area contributed by atoms with Crippen LogP contribution in [-0.4, -0.2) is 107 Å². The van der Waals surface area contributed by atoms with Gasteiger partial charge in [0.25, 0.3) is 0 Å². The summed E-state index contributed by atoms with van der Waals surface area (Å²) in [6, 6.07) is 0. The van der Waals surface area contributed by atoms with E-state index >= 15 is 0 Å². The van der Waals surface area contributed by atoms with E-state index in [2.05, 4.69) is 13.8 Å². The highest BCUT2D eigenvalue weighted by atomic mass is 16.7. The van der Waals surface area contributed by atoms with Crippen LogP contribution in [0.1, 0.15) is 91.9 Å². The van der Waals surface area contributed by atoms with Crippen LogP contribution in [0.2, 0.25) is 0 Å². The van der Waals surface area contributed by atoms with Gasteiger partial charge in [-0.2, -0.15) is 0 Å². The third-order valence-electron chi connectivity index (χ3n) is 14.1. The molecule has 0 bridgehead atoms. The maximum atomic E-state index is 12.5. The average molecular weight is 665 g/mol. The Morgan fingerprint density at radius 2 is 1.64 bits per heavy atom. The molecule has 0 aromatic rings. The number of fused-ring (bicyclic) bond motifs is 5. The van der Waals surface area contributed by atoms with Gasteiger partial charge in [-0.15, -0.1) is 0 Å². The molecule has 11 heteroatoms. The smallest absolute Gasteiger partial charge is 0.331 e. The molecule has 0 aromatic heterocycles. The number of aliphatic hydroxyl groups excluding tert-OH is 3. The van der Waals surface area contributed by atoms with Crippen molar-refractivity contribution in [3.63, 3.8) is 0 Å². The zero-order valence-corrected chi connectivity index (χ0v) is 28.6. The summed E-state index contributed by atoms with van der Waals surface area (Å²) in [4.78, 5) is 11.9. The number of aliphatic hydroxyl groups is 4. The molecule has 3 unspecified atom stereocenters. The van der Waals surface area contributed by atoms with Crippen LogP contribution in [0.4, 0.5) is 0 Å². The maximum absolute atomic E-state index is 12.5. The molecule has 6 fully saturated rings. The highest BCUT2D eigenvalue weighted by molar-refractivity contribution is 5.85. The topological polar surface area (TPSA) is 153 Å². The van der Waals surface area contributed by atoms with Gasteiger partial charge < -0.3 is 48.8 Å². The fourth-order valence-corrected chi connectivity index (χ4v) is 11.6. The van der Waals surface area contributed by atoms with Crippen LogP contribution >= 0.6 is 0 Å². The van der Waals surface area contributed by atoms with Crippen LogP contribution in [-0.2, 0) is 33.2 Å². The Balaban J connectivity index is 0.973. The Kier molecular flexibility index (Phi) is 9.17. The van der Waals surface area contributed by atoms with Gasteiger partial charge in [-0.1, -0.05) is 13.8 Å². The molecule has 0 aromatic carbocycles. The lowest BCUT2D eigenvalue weighted by Gasteiger charge is -2.65. The summed E-state index contributed by atoms with van der Waals surface area (Å²) in [6.45, 7) is 8.41. The highest BCUT2D eigenvalue weighted by Gasteiger charge is 2.70. The van der Waals surface area contributed by atoms with Gasteiger partial charge in [-0.05, 0) is 99.9 Å². The van der Waals surface area contributed by atoms with E-state index in [9.17, 15) is 25.2 Å². The first-order valence-electron chi connectivity index (χ1n) is 18.1. The fourth-order valence-electron chi connectivity index (χ4n) is 11.6. The quantitative estimate of drug-likeness (QED) is 0.245. The van der Waals surface area contributed by atoms with Crippen molar-refractivity contribution in [3.8, 4) is 0 Å². The van der Waals surface area contributed by atoms with Crippen molar-refractivity contribution in [1.29, 1.82) is 0 Å². The van der Waals surface area contributed by atoms with E-state index in [0.29, 0.717) is 31.8 Å². The van der Waals surface area contributed by atoms with Gasteiger partial charge in [-0.3, -0.25) is 0 Å². The number of hydrogen-bond acceptors (Lipinski definition) is 11. The van der Waals surface area contributed by atoms with Crippen LogP contribution in [0.3, 0.4) is 0 Å². The lowest BCUT2D eigenvalue weighted by atomic mass is 9.42. The molecule has 7 aliphatic rings. The lowest BCUT2D eigenvalue weighted by molar-refractivity contribution is -0.319. The molecule has 3 aliphatic heterocycles. The SMILES string of the molecule is CO[C@H]1C[C@H](O[C@H]2[C@@H](O)C[C@H](OC3CC[C@@]4(C)C(CC[C@@H]5[C@@H]4C(O)C[C@]4(C)[C@@H](C6=CC(=O)OC6)CC[C@]54O)C3)O[C@@H]2C)O[C@H](C)[C@H]1O. The van der Waals surface area contributed by atoms with Crippen molar-refractivity contribution in [2.24, 2.45) is 34.5 Å².